The van der Waals surface area contributed by atoms with Gasteiger partial charge in [-0.25, -0.2) is 39.5 Å². The molecule has 0 aliphatic carbocycles. The number of likely N-dealkylation sites (N-methyl/N-ethyl adjacent to an activating group) is 1. The maximum Gasteiger partial charge on any atom is 0.358 e. The first kappa shape index (κ1) is 68.6. The molecule has 1 fully saturated rings. The molecule has 0 radical (unpaired) electrons. The largest absolute Gasteiger partial charge is 0.506 e. The highest BCUT2D eigenvalue weighted by atomic mass is 32.1. The summed E-state index contributed by atoms with van der Waals surface area (Å²) in [4.78, 5) is 144. The number of ether oxygens (including phenoxy) is 6. The Morgan fingerprint density at radius 3 is 2.23 bits per heavy atom. The van der Waals surface area contributed by atoms with Gasteiger partial charge in [0, 0.05) is 61.8 Å². The van der Waals surface area contributed by atoms with Gasteiger partial charge in [-0.05, 0) is 59.5 Å². The zero-order chi connectivity index (χ0) is 69.9. The van der Waals surface area contributed by atoms with Gasteiger partial charge in [-0.15, -0.1) is 56.7 Å². The number of allylic oxidation sites excluding steroid dienone is 1. The Hall–Kier alpha value is -9.34. The quantitative estimate of drug-likeness (QED) is 0.0292. The second kappa shape index (κ2) is 27.5. The van der Waals surface area contributed by atoms with Crippen LogP contribution in [0.1, 0.15) is 131 Å². The molecule has 1 aromatic carbocycles. The third kappa shape index (κ3) is 13.4. The molecule has 1 saturated heterocycles. The number of rotatable bonds is 10. The van der Waals surface area contributed by atoms with E-state index in [1.807, 2.05) is 0 Å². The van der Waals surface area contributed by atoms with Crippen molar-refractivity contribution in [2.75, 3.05) is 27.8 Å². The van der Waals surface area contributed by atoms with Gasteiger partial charge in [0.05, 0.1) is 43.1 Å². The summed E-state index contributed by atoms with van der Waals surface area (Å²) in [5.41, 5.74) is 2.52. The lowest BCUT2D eigenvalue weighted by atomic mass is 9.85. The van der Waals surface area contributed by atoms with Gasteiger partial charge in [0.2, 0.25) is 11.8 Å². The Labute approximate surface area is 575 Å². The second-order valence-electron chi connectivity index (χ2n) is 23.6. The summed E-state index contributed by atoms with van der Waals surface area (Å²) in [6, 6.07) is 0.668. The van der Waals surface area contributed by atoms with Crippen molar-refractivity contribution in [1.29, 1.82) is 0 Å². The molecule has 10 atom stereocenters. The molecule has 98 heavy (non-hydrogen) atoms. The van der Waals surface area contributed by atoms with Gasteiger partial charge in [-0.3, -0.25) is 28.8 Å². The fourth-order valence-electron chi connectivity index (χ4n) is 11.9. The van der Waals surface area contributed by atoms with E-state index in [0.717, 1.165) is 56.7 Å². The SMILES string of the molecule is C=C(CC(=O)c1csc(-c2nc3c(cc2O)-c2nc(cs2)C(=O)N[C@@H]([C@@H](C)O)C(=O)N/C(=C(\C)OC)c2nc(cs2)C(=O)N[C@@H]2c4nc(cs4)C(=O)N[C@@H](COC(=O)c4c5c6c(cccc6n4O)COC(=O)[C@@H](OC4C[C@](C)(O)[C@H](N(C)C)[C@H](C)O4)C2OC5)c2nc-3cs2)n1)C(N)=O. The fraction of sp³-hybridized carbons (Fsp3) is 0.355. The van der Waals surface area contributed by atoms with Crippen molar-refractivity contribution in [2.24, 2.45) is 5.73 Å². The second-order valence-corrected chi connectivity index (χ2v) is 28.0. The number of carbonyl (C=O) groups excluding carboxylic acids is 8. The Balaban J connectivity index is 1.04. The number of hydrogen-bond donors (Lipinski definition) is 9. The maximum absolute atomic E-state index is 15.2. The molecule has 8 aromatic rings. The number of primary amides is 1. The highest BCUT2D eigenvalue weighted by molar-refractivity contribution is 7.14. The summed E-state index contributed by atoms with van der Waals surface area (Å²) in [6.07, 6.45) is -7.99. The average molecular weight is 1440 g/mol. The molecule has 12 rings (SSSR count). The van der Waals surface area contributed by atoms with E-state index < -0.39 is 145 Å². The van der Waals surface area contributed by atoms with Gasteiger partial charge in [-0.1, -0.05) is 18.7 Å². The number of methoxy groups -OCH3 is 1. The number of aromatic hydroxyl groups is 1. The number of aliphatic hydroxyl groups is 2. The summed E-state index contributed by atoms with van der Waals surface area (Å²) in [6.45, 7) is 7.81. The summed E-state index contributed by atoms with van der Waals surface area (Å²) in [5.74, 6) is -7.87. The first-order chi connectivity index (χ1) is 46.7. The molecule has 11 heterocycles. The van der Waals surface area contributed by atoms with E-state index in [2.05, 4.69) is 42.8 Å². The molecule has 0 saturated carbocycles. The first-order valence-electron chi connectivity index (χ1n) is 29.9. The summed E-state index contributed by atoms with van der Waals surface area (Å²) < 4.78 is 38.2. The minimum atomic E-state index is -1.92. The molecule has 512 valence electrons. The number of aliphatic hydroxyl groups excluding tert-OH is 1. The van der Waals surface area contributed by atoms with E-state index in [0.29, 0.717) is 10.3 Å². The van der Waals surface area contributed by atoms with Crippen molar-refractivity contribution in [3.63, 3.8) is 0 Å². The number of aromatic nitrogens is 7. The molecular weight excluding hydrogens is 1380 g/mol. The highest BCUT2D eigenvalue weighted by Gasteiger charge is 2.50. The standard InChI is InChI=1S/C62H61N13O18S5/c1-23(50(63)79)12-37(77)31-18-96-58(65-31)44-38(78)13-28-43(70-44)32-19-95-56(66-32)30-17-91-60(84)46-29-16-89-47(48(93-39-14-62(5,86)49(74(6)7)26(4)92-39)61(85)90-15-27-10-9-11-36(40(27)29)75(46)87)45(59-69-33(21-98-59)51(80)64-30)73-53(82)35-22-97-57(68-35)42(25(3)88-8)72-54(83)41(24(2)76)71-52(81)34-20-94-55(28)67-34/h9-11,13,18-22,24,26,30,39,41,45,47-49,76,78,86-87H,1,12,14-17H2,2-8H3,(H2,63,79)(H,64,80)(H,71,81)(H,72,83)(H,73,82)/b42-25+/t24-,26+,30+,39?,41+,45+,47?,48+,49-,62+/m1/s1. The molecule has 2 unspecified atom stereocenters. The number of ketones is 1. The number of nitrogens with one attached hydrogen (secondary N) is 4. The minimum absolute atomic E-state index is 0.0126. The number of thiazole rings is 5. The van der Waals surface area contributed by atoms with Crippen LogP contribution < -0.4 is 27.0 Å². The number of nitrogens with zero attached hydrogens (tertiary/aromatic N) is 8. The van der Waals surface area contributed by atoms with Crippen LogP contribution in [-0.2, 0) is 56.0 Å². The van der Waals surface area contributed by atoms with E-state index in [-0.39, 0.29) is 110 Å². The van der Waals surface area contributed by atoms with Crippen molar-refractivity contribution in [3.05, 3.63) is 124 Å². The fourth-order valence-corrected chi connectivity index (χ4v) is 16.1. The summed E-state index contributed by atoms with van der Waals surface area (Å²) in [5, 5.41) is 65.3. The lowest BCUT2D eigenvalue weighted by Crippen LogP contribution is -2.62. The van der Waals surface area contributed by atoms with E-state index in [1.165, 1.54) is 60.0 Å². The zero-order valence-electron chi connectivity index (χ0n) is 52.8. The van der Waals surface area contributed by atoms with Gasteiger partial charge in [0.1, 0.15) is 120 Å². The number of benzene rings is 1. The molecule has 31 nitrogen and oxygen atoms in total. The van der Waals surface area contributed by atoms with Crippen LogP contribution in [0.4, 0.5) is 0 Å². The lowest BCUT2D eigenvalue weighted by Gasteiger charge is -2.48. The van der Waals surface area contributed by atoms with E-state index in [4.69, 9.17) is 49.1 Å². The molecule has 4 aliphatic rings. The van der Waals surface area contributed by atoms with Crippen molar-refractivity contribution in [1.82, 2.24) is 60.8 Å². The van der Waals surface area contributed by atoms with Gasteiger partial charge in [-0.2, -0.15) is 4.73 Å². The van der Waals surface area contributed by atoms with Crippen LogP contribution in [0.15, 0.2) is 69.1 Å². The van der Waals surface area contributed by atoms with E-state index >= 15 is 14.4 Å². The van der Waals surface area contributed by atoms with Gasteiger partial charge >= 0.3 is 11.9 Å². The van der Waals surface area contributed by atoms with Crippen molar-refractivity contribution >= 4 is 121 Å². The topological polar surface area (TPSA) is 433 Å². The van der Waals surface area contributed by atoms with E-state index in [1.54, 1.807) is 45.0 Å². The van der Waals surface area contributed by atoms with Gasteiger partial charge in [0.25, 0.3) is 17.7 Å². The van der Waals surface area contributed by atoms with Crippen LogP contribution >= 0.6 is 56.7 Å². The molecule has 12 bridgehead atoms. The monoisotopic (exact) mass is 1440 g/mol. The molecule has 4 aliphatic heterocycles. The third-order valence-electron chi connectivity index (χ3n) is 16.5. The smallest absolute Gasteiger partial charge is 0.358 e. The van der Waals surface area contributed by atoms with Crippen LogP contribution in [0.2, 0.25) is 0 Å². The molecular formula is C62H61N13O18S5. The number of pyridine rings is 1. The molecule has 36 heteroatoms. The number of Topliss-reactive ketones (excluding diaryl/α,β-unsaturated/α-hetero) is 1. The Kier molecular flexibility index (Phi) is 19.3. The number of hydrogen-bond acceptors (Lipinski definition) is 30. The Bertz CT molecular complexity index is 4600. The molecule has 0 spiro atoms. The predicted octanol–water partition coefficient (Wildman–Crippen LogP) is 4.78. The normalized spacial score (nSPS) is 24.1. The average Bonchev–Trinajstić information content (AvgIpc) is 1.57. The van der Waals surface area contributed by atoms with Crippen LogP contribution in [0.5, 0.6) is 5.75 Å². The number of nitrogens with two attached hydrogens (primary N) is 1. The van der Waals surface area contributed by atoms with Crippen molar-refractivity contribution < 1.29 is 87.3 Å². The summed E-state index contributed by atoms with van der Waals surface area (Å²) in [7, 11) is 4.84. The van der Waals surface area contributed by atoms with Crippen LogP contribution in [0.25, 0.3) is 49.3 Å². The number of carbonyl (C=O) groups is 8. The molecule has 10 N–H and O–H groups in total. The summed E-state index contributed by atoms with van der Waals surface area (Å²) >= 11 is 4.52. The van der Waals surface area contributed by atoms with Crippen LogP contribution in [0, 0.1) is 0 Å². The number of cyclic esters (lactones) is 2. The third-order valence-corrected chi connectivity index (χ3v) is 21.0. The maximum atomic E-state index is 15.2. The highest BCUT2D eigenvalue weighted by Crippen LogP contribution is 2.43. The number of amides is 5. The predicted molar refractivity (Wildman–Crippen MR) is 352 cm³/mol. The minimum Gasteiger partial charge on any atom is -0.506 e. The zero-order valence-corrected chi connectivity index (χ0v) is 56.9. The van der Waals surface area contributed by atoms with E-state index in [9.17, 15) is 44.5 Å². The van der Waals surface area contributed by atoms with Crippen LogP contribution in [-0.4, -0.2) is 184 Å². The first-order valence-corrected chi connectivity index (χ1v) is 34.3. The van der Waals surface area contributed by atoms with Crippen molar-refractivity contribution in [2.45, 2.75) is 114 Å². The van der Waals surface area contributed by atoms with Crippen molar-refractivity contribution in [3.8, 4) is 38.4 Å². The van der Waals surface area contributed by atoms with Gasteiger partial charge in [0.15, 0.2) is 23.9 Å². The number of fused-ring (bicyclic) bond motifs is 15. The Morgan fingerprint density at radius 1 is 0.857 bits per heavy atom. The lowest BCUT2D eigenvalue weighted by molar-refractivity contribution is -0.280. The van der Waals surface area contributed by atoms with Crippen LogP contribution in [0.3, 0.4) is 0 Å². The molecule has 7 aromatic heterocycles. The Morgan fingerprint density at radius 2 is 1.52 bits per heavy atom. The van der Waals surface area contributed by atoms with Gasteiger partial charge < -0.3 is 80.8 Å². The number of esters is 2. The molecule has 5 amide bonds.